The van der Waals surface area contributed by atoms with E-state index >= 15 is 0 Å². The Bertz CT molecular complexity index is 1020. The summed E-state index contributed by atoms with van der Waals surface area (Å²) in [6, 6.07) is 10.1. The average Bonchev–Trinajstić information content (AvgIpc) is 3.07. The summed E-state index contributed by atoms with van der Waals surface area (Å²) < 4.78 is 23.3. The average molecular weight is 417 g/mol. The van der Waals surface area contributed by atoms with Gasteiger partial charge in [0.25, 0.3) is 0 Å². The number of para-hydroxylation sites is 1. The van der Waals surface area contributed by atoms with Gasteiger partial charge < -0.3 is 9.80 Å². The number of carbonyl (C=O) groups excluding carboxylic acids is 1. The fraction of sp³-hybridized carbons (Fsp3) is 0.524. The molecule has 29 heavy (non-hydrogen) atoms. The number of aryl methyl sites for hydroxylation is 1. The number of hydrogen-bond donors (Lipinski definition) is 0. The van der Waals surface area contributed by atoms with Crippen molar-refractivity contribution >= 4 is 32.5 Å². The number of pyridine rings is 1. The van der Waals surface area contributed by atoms with Gasteiger partial charge in [-0.3, -0.25) is 9.69 Å². The summed E-state index contributed by atoms with van der Waals surface area (Å²) in [5.41, 5.74) is 2.23. The predicted octanol–water partition coefficient (Wildman–Crippen LogP) is 1.31. The molecule has 2 aliphatic heterocycles. The highest BCUT2D eigenvalue weighted by molar-refractivity contribution is 7.91. The predicted molar refractivity (Wildman–Crippen MR) is 115 cm³/mol. The van der Waals surface area contributed by atoms with Gasteiger partial charge in [-0.25, -0.2) is 13.4 Å². The molecule has 4 rings (SSSR count). The van der Waals surface area contributed by atoms with Crippen LogP contribution in [0, 0.1) is 6.92 Å². The topological polar surface area (TPSA) is 73.8 Å². The molecule has 1 aromatic carbocycles. The van der Waals surface area contributed by atoms with Gasteiger partial charge in [0.15, 0.2) is 9.84 Å². The minimum absolute atomic E-state index is 0.000208. The smallest absolute Gasteiger partial charge is 0.236 e. The lowest BCUT2D eigenvalue weighted by molar-refractivity contribution is -0.132. The van der Waals surface area contributed by atoms with Crippen LogP contribution in [0.25, 0.3) is 10.9 Å². The van der Waals surface area contributed by atoms with Crippen LogP contribution in [0.1, 0.15) is 12.0 Å². The third kappa shape index (κ3) is 4.38. The maximum atomic E-state index is 12.6. The second-order valence-electron chi connectivity index (χ2n) is 8.14. The molecule has 7 nitrogen and oxygen atoms in total. The summed E-state index contributed by atoms with van der Waals surface area (Å²) in [5.74, 6) is 1.27. The van der Waals surface area contributed by atoms with E-state index in [4.69, 9.17) is 4.98 Å². The lowest BCUT2D eigenvalue weighted by Crippen LogP contribution is -2.51. The van der Waals surface area contributed by atoms with Crippen molar-refractivity contribution in [1.82, 2.24) is 14.8 Å². The summed E-state index contributed by atoms with van der Waals surface area (Å²) in [6.07, 6.45) is 0.547. The van der Waals surface area contributed by atoms with Crippen LogP contribution in [0.2, 0.25) is 0 Å². The van der Waals surface area contributed by atoms with Gasteiger partial charge in [-0.15, -0.1) is 0 Å². The molecule has 2 fully saturated rings. The van der Waals surface area contributed by atoms with Gasteiger partial charge in [-0.1, -0.05) is 18.2 Å². The summed E-state index contributed by atoms with van der Waals surface area (Å²) >= 11 is 0. The number of aromatic nitrogens is 1. The monoisotopic (exact) mass is 416 g/mol. The molecular weight excluding hydrogens is 388 g/mol. The van der Waals surface area contributed by atoms with Gasteiger partial charge in [0.05, 0.1) is 23.6 Å². The quantitative estimate of drug-likeness (QED) is 0.748. The second-order valence-corrected chi connectivity index (χ2v) is 10.4. The zero-order valence-corrected chi connectivity index (χ0v) is 17.9. The summed E-state index contributed by atoms with van der Waals surface area (Å²) in [5, 5.41) is 1.18. The van der Waals surface area contributed by atoms with Crippen molar-refractivity contribution in [2.75, 3.05) is 56.2 Å². The molecule has 1 amide bonds. The Morgan fingerprint density at radius 2 is 1.93 bits per heavy atom. The van der Waals surface area contributed by atoms with Crippen molar-refractivity contribution in [3.63, 3.8) is 0 Å². The second kappa shape index (κ2) is 7.91. The van der Waals surface area contributed by atoms with Crippen LogP contribution < -0.4 is 4.90 Å². The highest BCUT2D eigenvalue weighted by Crippen LogP contribution is 2.23. The van der Waals surface area contributed by atoms with Gasteiger partial charge in [0.2, 0.25) is 5.91 Å². The minimum Gasteiger partial charge on any atom is -0.354 e. The number of benzene rings is 1. The molecule has 0 N–H and O–H groups in total. The van der Waals surface area contributed by atoms with Crippen LogP contribution in [0.5, 0.6) is 0 Å². The molecule has 1 atom stereocenters. The number of nitrogens with zero attached hydrogens (tertiary/aromatic N) is 4. The molecule has 1 aromatic heterocycles. The van der Waals surface area contributed by atoms with E-state index in [9.17, 15) is 13.2 Å². The number of fused-ring (bicyclic) bond motifs is 1. The van der Waals surface area contributed by atoms with E-state index in [0.29, 0.717) is 13.0 Å². The molecule has 156 valence electrons. The van der Waals surface area contributed by atoms with Crippen LogP contribution in [0.3, 0.4) is 0 Å². The lowest BCUT2D eigenvalue weighted by atomic mass is 10.1. The van der Waals surface area contributed by atoms with Crippen LogP contribution >= 0.6 is 0 Å². The lowest BCUT2D eigenvalue weighted by Gasteiger charge is -2.36. The molecular formula is C21H28N4O3S. The fourth-order valence-corrected chi connectivity index (χ4v) is 5.99. The van der Waals surface area contributed by atoms with Crippen LogP contribution in [0.15, 0.2) is 30.3 Å². The van der Waals surface area contributed by atoms with Crippen LogP contribution in [-0.4, -0.2) is 86.4 Å². The third-order valence-corrected chi connectivity index (χ3v) is 7.86. The first-order valence-electron chi connectivity index (χ1n) is 10.1. The normalized spacial score (nSPS) is 22.1. The number of hydrogen-bond acceptors (Lipinski definition) is 6. The van der Waals surface area contributed by atoms with Crippen molar-refractivity contribution in [2.24, 2.45) is 0 Å². The van der Waals surface area contributed by atoms with Gasteiger partial charge >= 0.3 is 0 Å². The van der Waals surface area contributed by atoms with Gasteiger partial charge in [-0.05, 0) is 31.0 Å². The van der Waals surface area contributed by atoms with E-state index in [-0.39, 0.29) is 23.5 Å². The van der Waals surface area contributed by atoms with Crippen molar-refractivity contribution in [1.29, 1.82) is 0 Å². The van der Waals surface area contributed by atoms with Gasteiger partial charge in [0, 0.05) is 44.7 Å². The fourth-order valence-electron chi connectivity index (χ4n) is 4.22. The maximum absolute atomic E-state index is 12.6. The molecule has 0 unspecified atom stereocenters. The summed E-state index contributed by atoms with van der Waals surface area (Å²) in [7, 11) is -1.26. The van der Waals surface area contributed by atoms with Crippen molar-refractivity contribution < 1.29 is 13.2 Å². The number of amides is 1. The number of rotatable bonds is 4. The standard InChI is InChI=1S/C21H28N4O3S/c1-16-13-20(22-19-6-4-3-5-18(16)19)25-10-8-24(9-11-25)14-21(26)23(2)17-7-12-29(27,28)15-17/h3-6,13,17H,7-12,14-15H2,1-2H3/t17-/m0/s1. The van der Waals surface area contributed by atoms with E-state index in [0.717, 1.165) is 37.5 Å². The number of sulfone groups is 1. The van der Waals surface area contributed by atoms with E-state index in [1.807, 2.05) is 18.2 Å². The zero-order valence-electron chi connectivity index (χ0n) is 17.0. The number of anilines is 1. The number of carbonyl (C=O) groups is 1. The van der Waals surface area contributed by atoms with Crippen molar-refractivity contribution in [3.8, 4) is 0 Å². The Morgan fingerprint density at radius 1 is 1.21 bits per heavy atom. The summed E-state index contributed by atoms with van der Waals surface area (Å²) in [4.78, 5) is 23.5. The molecule has 0 bridgehead atoms. The highest BCUT2D eigenvalue weighted by atomic mass is 32.2. The van der Waals surface area contributed by atoms with Gasteiger partial charge in [0.1, 0.15) is 5.82 Å². The van der Waals surface area contributed by atoms with Crippen molar-refractivity contribution in [3.05, 3.63) is 35.9 Å². The van der Waals surface area contributed by atoms with Crippen LogP contribution in [-0.2, 0) is 14.6 Å². The van der Waals surface area contributed by atoms with Crippen LogP contribution in [0.4, 0.5) is 5.82 Å². The first-order chi connectivity index (χ1) is 13.8. The molecule has 0 radical (unpaired) electrons. The Labute approximate surface area is 172 Å². The minimum atomic E-state index is -2.99. The third-order valence-electron chi connectivity index (χ3n) is 6.11. The summed E-state index contributed by atoms with van der Waals surface area (Å²) in [6.45, 7) is 5.66. The SMILES string of the molecule is Cc1cc(N2CCN(CC(=O)N(C)[C@H]3CCS(=O)(=O)C3)CC2)nc2ccccc12. The molecule has 2 aliphatic rings. The van der Waals surface area contributed by atoms with E-state index in [1.165, 1.54) is 10.9 Å². The molecule has 3 heterocycles. The molecule has 0 saturated carbocycles. The first-order valence-corrected chi connectivity index (χ1v) is 11.9. The number of likely N-dealkylation sites (N-methyl/N-ethyl adjacent to an activating group) is 1. The first kappa shape index (κ1) is 20.1. The Balaban J connectivity index is 1.34. The van der Waals surface area contributed by atoms with E-state index < -0.39 is 9.84 Å². The molecule has 0 spiro atoms. The largest absolute Gasteiger partial charge is 0.354 e. The Morgan fingerprint density at radius 3 is 2.62 bits per heavy atom. The number of piperazine rings is 1. The molecule has 0 aliphatic carbocycles. The highest BCUT2D eigenvalue weighted by Gasteiger charge is 2.33. The Kier molecular flexibility index (Phi) is 5.48. The molecule has 2 aromatic rings. The van der Waals surface area contributed by atoms with E-state index in [1.54, 1.807) is 11.9 Å². The zero-order chi connectivity index (χ0) is 20.6. The van der Waals surface area contributed by atoms with Gasteiger partial charge in [-0.2, -0.15) is 0 Å². The van der Waals surface area contributed by atoms with Crippen molar-refractivity contribution in [2.45, 2.75) is 19.4 Å². The Hall–Kier alpha value is -2.19. The molecule has 2 saturated heterocycles. The van der Waals surface area contributed by atoms with E-state index in [2.05, 4.69) is 28.9 Å². The molecule has 8 heteroatoms. The maximum Gasteiger partial charge on any atom is 0.236 e.